The van der Waals surface area contributed by atoms with Gasteiger partial charge in [-0.05, 0) is 37.0 Å². The highest BCUT2D eigenvalue weighted by Gasteiger charge is 2.22. The summed E-state index contributed by atoms with van der Waals surface area (Å²) >= 11 is 0. The number of hydrogen-bond acceptors (Lipinski definition) is 3. The number of carbonyl (C=O) groups excluding carboxylic acids is 1. The van der Waals surface area contributed by atoms with Gasteiger partial charge in [0, 0.05) is 35.8 Å². The summed E-state index contributed by atoms with van der Waals surface area (Å²) in [5.74, 6) is 0.160. The molecule has 0 atom stereocenters. The van der Waals surface area contributed by atoms with Gasteiger partial charge in [-0.1, -0.05) is 30.3 Å². The second kappa shape index (κ2) is 5.92. The molecule has 1 N–H and O–H groups in total. The molecule has 1 aliphatic carbocycles. The van der Waals surface area contributed by atoms with Crippen molar-refractivity contribution in [3.05, 3.63) is 76.8 Å². The number of ketones is 1. The third-order valence-electron chi connectivity index (χ3n) is 3.91. The zero-order valence-electron chi connectivity index (χ0n) is 12.1. The van der Waals surface area contributed by atoms with Crippen molar-refractivity contribution >= 4 is 5.78 Å². The van der Waals surface area contributed by atoms with Crippen molar-refractivity contribution in [3.63, 3.8) is 0 Å². The van der Waals surface area contributed by atoms with E-state index in [-0.39, 0.29) is 5.78 Å². The van der Waals surface area contributed by atoms with Crippen molar-refractivity contribution < 1.29 is 4.79 Å². The van der Waals surface area contributed by atoms with Gasteiger partial charge in [-0.25, -0.2) is 0 Å². The predicted octanol–water partition coefficient (Wildman–Crippen LogP) is 3.27. The summed E-state index contributed by atoms with van der Waals surface area (Å²) in [7, 11) is 0. The van der Waals surface area contributed by atoms with Crippen LogP contribution in [0.15, 0.2) is 60.1 Å². The van der Waals surface area contributed by atoms with Crippen LogP contribution in [-0.4, -0.2) is 10.8 Å². The van der Waals surface area contributed by atoms with E-state index in [2.05, 4.69) is 10.3 Å². The van der Waals surface area contributed by atoms with Crippen molar-refractivity contribution in [3.8, 4) is 0 Å². The maximum absolute atomic E-state index is 12.6. The van der Waals surface area contributed by atoms with Gasteiger partial charge in [-0.3, -0.25) is 9.78 Å². The molecule has 21 heavy (non-hydrogen) atoms. The summed E-state index contributed by atoms with van der Waals surface area (Å²) in [6, 6.07) is 11.8. The molecule has 0 unspecified atom stereocenters. The predicted molar refractivity (Wildman–Crippen MR) is 82.9 cm³/mol. The van der Waals surface area contributed by atoms with Crippen molar-refractivity contribution in [2.75, 3.05) is 0 Å². The molecule has 1 aliphatic rings. The first-order valence-corrected chi connectivity index (χ1v) is 7.21. The van der Waals surface area contributed by atoms with E-state index in [4.69, 9.17) is 0 Å². The number of rotatable bonds is 3. The van der Waals surface area contributed by atoms with Gasteiger partial charge in [0.15, 0.2) is 5.78 Å². The maximum Gasteiger partial charge on any atom is 0.191 e. The molecule has 0 amide bonds. The molecule has 2 aromatic rings. The molecule has 0 radical (unpaired) electrons. The minimum absolute atomic E-state index is 0.160. The Hall–Kier alpha value is -2.42. The number of aromatic nitrogens is 1. The van der Waals surface area contributed by atoms with E-state index in [0.29, 0.717) is 6.54 Å². The average molecular weight is 278 g/mol. The number of nitrogens with one attached hydrogen (secondary N) is 1. The first-order valence-electron chi connectivity index (χ1n) is 7.21. The monoisotopic (exact) mass is 278 g/mol. The van der Waals surface area contributed by atoms with E-state index in [1.54, 1.807) is 6.20 Å². The van der Waals surface area contributed by atoms with Crippen LogP contribution in [0, 0.1) is 0 Å². The fraction of sp³-hybridized carbons (Fsp3) is 0.222. The highest BCUT2D eigenvalue weighted by molar-refractivity contribution is 6.11. The normalized spacial score (nSPS) is 16.3. The Kier molecular flexibility index (Phi) is 3.82. The Morgan fingerprint density at radius 3 is 2.86 bits per heavy atom. The van der Waals surface area contributed by atoms with Crippen molar-refractivity contribution in [1.29, 1.82) is 0 Å². The second-order valence-corrected chi connectivity index (χ2v) is 5.30. The van der Waals surface area contributed by atoms with Gasteiger partial charge >= 0.3 is 0 Å². The highest BCUT2D eigenvalue weighted by Crippen LogP contribution is 2.26. The van der Waals surface area contributed by atoms with Crippen LogP contribution in [0.25, 0.3) is 0 Å². The van der Waals surface area contributed by atoms with Crippen molar-refractivity contribution in [1.82, 2.24) is 10.3 Å². The second-order valence-electron chi connectivity index (χ2n) is 5.30. The first-order chi connectivity index (χ1) is 10.3. The summed E-state index contributed by atoms with van der Waals surface area (Å²) in [6.45, 7) is 2.68. The molecule has 3 heteroatoms. The van der Waals surface area contributed by atoms with Crippen LogP contribution in [0.3, 0.4) is 0 Å². The summed E-state index contributed by atoms with van der Waals surface area (Å²) in [6.07, 6.45) is 5.34. The minimum atomic E-state index is 0.160. The summed E-state index contributed by atoms with van der Waals surface area (Å²) in [4.78, 5) is 16.7. The van der Waals surface area contributed by atoms with E-state index >= 15 is 0 Å². The Morgan fingerprint density at radius 2 is 2.05 bits per heavy atom. The number of benzene rings is 1. The number of carbonyl (C=O) groups is 1. The fourth-order valence-corrected chi connectivity index (χ4v) is 2.70. The standard InChI is InChI=1S/C18H18N2O/c1-13(20-12-14-5-4-10-19-11-14)16-9-8-15-6-2-3-7-17(15)18(16)21/h2-7,10-11,20H,8-9,12H2,1H3/b16-13-. The van der Waals surface area contributed by atoms with Crippen molar-refractivity contribution in [2.24, 2.45) is 0 Å². The third-order valence-corrected chi connectivity index (χ3v) is 3.91. The molecule has 106 valence electrons. The Morgan fingerprint density at radius 1 is 1.19 bits per heavy atom. The lowest BCUT2D eigenvalue weighted by atomic mass is 9.86. The summed E-state index contributed by atoms with van der Waals surface area (Å²) in [5.41, 5.74) is 4.99. The van der Waals surface area contributed by atoms with E-state index in [1.165, 1.54) is 0 Å². The van der Waals surface area contributed by atoms with Crippen molar-refractivity contribution in [2.45, 2.75) is 26.3 Å². The molecule has 0 saturated carbocycles. The van der Waals surface area contributed by atoms with E-state index in [0.717, 1.165) is 40.8 Å². The molecule has 3 nitrogen and oxygen atoms in total. The number of fused-ring (bicyclic) bond motifs is 1. The first kappa shape index (κ1) is 13.6. The van der Waals surface area contributed by atoms with Crippen LogP contribution >= 0.6 is 0 Å². The maximum atomic E-state index is 12.6. The van der Waals surface area contributed by atoms with E-state index in [9.17, 15) is 4.79 Å². The van der Waals surface area contributed by atoms with Gasteiger partial charge in [-0.15, -0.1) is 0 Å². The Balaban J connectivity index is 1.78. The summed E-state index contributed by atoms with van der Waals surface area (Å²) in [5, 5.41) is 3.35. The SMILES string of the molecule is C/C(NCc1cccnc1)=C1\CCc2ccccc2C1=O. The molecule has 0 spiro atoms. The zero-order chi connectivity index (χ0) is 14.7. The largest absolute Gasteiger partial charge is 0.384 e. The summed E-state index contributed by atoms with van der Waals surface area (Å²) < 4.78 is 0. The van der Waals surface area contributed by atoms with Crippen LogP contribution in [0.2, 0.25) is 0 Å². The molecule has 1 heterocycles. The van der Waals surface area contributed by atoms with Crippen LogP contribution < -0.4 is 5.32 Å². The van der Waals surface area contributed by atoms with Gasteiger partial charge in [0.2, 0.25) is 0 Å². The van der Waals surface area contributed by atoms with E-state index in [1.807, 2.05) is 49.5 Å². The molecular weight excluding hydrogens is 260 g/mol. The minimum Gasteiger partial charge on any atom is -0.384 e. The number of aryl methyl sites for hydroxylation is 1. The van der Waals surface area contributed by atoms with Gasteiger partial charge in [0.05, 0.1) is 0 Å². The zero-order valence-corrected chi connectivity index (χ0v) is 12.1. The molecule has 1 aromatic carbocycles. The lowest BCUT2D eigenvalue weighted by Crippen LogP contribution is -2.21. The number of Topliss-reactive ketones (excluding diaryl/α,β-unsaturated/α-hetero) is 1. The van der Waals surface area contributed by atoms with Crippen LogP contribution in [0.4, 0.5) is 0 Å². The lowest BCUT2D eigenvalue weighted by Gasteiger charge is -2.20. The molecule has 3 rings (SSSR count). The van der Waals surface area contributed by atoms with Crippen LogP contribution in [0.5, 0.6) is 0 Å². The van der Waals surface area contributed by atoms with Gasteiger partial charge in [-0.2, -0.15) is 0 Å². The molecular formula is C18H18N2O. The molecule has 0 saturated heterocycles. The fourth-order valence-electron chi connectivity index (χ4n) is 2.70. The van der Waals surface area contributed by atoms with Gasteiger partial charge in [0.1, 0.15) is 0 Å². The van der Waals surface area contributed by atoms with Crippen LogP contribution in [-0.2, 0) is 13.0 Å². The van der Waals surface area contributed by atoms with Gasteiger partial charge < -0.3 is 5.32 Å². The van der Waals surface area contributed by atoms with E-state index < -0.39 is 0 Å². The molecule has 0 bridgehead atoms. The Labute approximate surface area is 124 Å². The number of allylic oxidation sites excluding steroid dienone is 2. The molecule has 1 aromatic heterocycles. The smallest absolute Gasteiger partial charge is 0.191 e. The number of pyridine rings is 1. The van der Waals surface area contributed by atoms with Gasteiger partial charge in [0.25, 0.3) is 0 Å². The quantitative estimate of drug-likeness (QED) is 0.876. The molecule has 0 fully saturated rings. The topological polar surface area (TPSA) is 42.0 Å². The number of hydrogen-bond donors (Lipinski definition) is 1. The molecule has 0 aliphatic heterocycles. The third kappa shape index (κ3) is 2.87. The van der Waals surface area contributed by atoms with Crippen LogP contribution in [0.1, 0.15) is 34.8 Å². The Bertz CT molecular complexity index is 689. The lowest BCUT2D eigenvalue weighted by molar-refractivity contribution is 0.102. The highest BCUT2D eigenvalue weighted by atomic mass is 16.1. The number of nitrogens with zero attached hydrogens (tertiary/aromatic N) is 1. The average Bonchev–Trinajstić information content (AvgIpc) is 2.54.